The van der Waals surface area contributed by atoms with Crippen LogP contribution in [0.25, 0.3) is 0 Å². The molecule has 0 aromatic heterocycles. The van der Waals surface area contributed by atoms with Crippen LogP contribution in [0.15, 0.2) is 24.3 Å². The molecule has 0 spiro atoms. The van der Waals surface area contributed by atoms with Gasteiger partial charge in [0.15, 0.2) is 0 Å². The molecule has 1 rings (SSSR count). The van der Waals surface area contributed by atoms with Crippen LogP contribution < -0.4 is 5.73 Å². The van der Waals surface area contributed by atoms with E-state index in [1.54, 1.807) is 7.11 Å². The van der Waals surface area contributed by atoms with Gasteiger partial charge in [0, 0.05) is 13.2 Å². The molecule has 2 nitrogen and oxygen atoms in total. The number of rotatable bonds is 4. The first-order chi connectivity index (χ1) is 6.94. The van der Waals surface area contributed by atoms with E-state index in [0.29, 0.717) is 0 Å². The van der Waals surface area contributed by atoms with Crippen LogP contribution in [0.2, 0.25) is 0 Å². The highest BCUT2D eigenvalue weighted by molar-refractivity contribution is 5.24. The summed E-state index contributed by atoms with van der Waals surface area (Å²) in [6.07, 6.45) is 0.826. The Bertz CT molecular complexity index is 303. The van der Waals surface area contributed by atoms with E-state index < -0.39 is 0 Å². The van der Waals surface area contributed by atoms with Crippen molar-refractivity contribution in [2.24, 2.45) is 5.73 Å². The molecule has 0 aliphatic carbocycles. The maximum atomic E-state index is 6.13. The molecule has 1 unspecified atom stereocenters. The summed E-state index contributed by atoms with van der Waals surface area (Å²) in [5.41, 5.74) is 8.40. The van der Waals surface area contributed by atoms with E-state index in [-0.39, 0.29) is 11.6 Å². The molecule has 15 heavy (non-hydrogen) atoms. The van der Waals surface area contributed by atoms with Crippen LogP contribution in [0.3, 0.4) is 0 Å². The highest BCUT2D eigenvalue weighted by Gasteiger charge is 2.21. The second-order valence-corrected chi connectivity index (χ2v) is 4.69. The first-order valence-corrected chi connectivity index (χ1v) is 5.32. The molecule has 2 heteroatoms. The fourth-order valence-electron chi connectivity index (χ4n) is 1.54. The number of hydrogen-bond donors (Lipinski definition) is 1. The average molecular weight is 207 g/mol. The van der Waals surface area contributed by atoms with Crippen molar-refractivity contribution in [1.82, 2.24) is 0 Å². The molecular formula is C13H21NO. The quantitative estimate of drug-likeness (QED) is 0.824. The van der Waals surface area contributed by atoms with Crippen molar-refractivity contribution in [2.75, 3.05) is 7.11 Å². The Morgan fingerprint density at radius 2 is 1.80 bits per heavy atom. The highest BCUT2D eigenvalue weighted by atomic mass is 16.5. The van der Waals surface area contributed by atoms with Crippen LogP contribution in [-0.4, -0.2) is 12.7 Å². The maximum absolute atomic E-state index is 6.13. The molecule has 0 amide bonds. The third-order valence-corrected chi connectivity index (χ3v) is 2.77. The Labute approximate surface area is 92.4 Å². The molecule has 0 heterocycles. The smallest absolute Gasteiger partial charge is 0.0640 e. The first-order valence-electron chi connectivity index (χ1n) is 5.32. The predicted molar refractivity (Wildman–Crippen MR) is 63.8 cm³/mol. The Morgan fingerprint density at radius 3 is 2.27 bits per heavy atom. The van der Waals surface area contributed by atoms with Gasteiger partial charge in [-0.3, -0.25) is 0 Å². The molecule has 0 radical (unpaired) electrons. The SMILES string of the molecule is COC(C)(C)CC(N)c1ccc(C)cc1. The monoisotopic (exact) mass is 207 g/mol. The predicted octanol–water partition coefficient (Wildman–Crippen LogP) is 2.81. The number of methoxy groups -OCH3 is 1. The average Bonchev–Trinajstić information content (AvgIpc) is 2.18. The molecular weight excluding hydrogens is 186 g/mol. The summed E-state index contributed by atoms with van der Waals surface area (Å²) >= 11 is 0. The zero-order valence-electron chi connectivity index (χ0n) is 10.1. The van der Waals surface area contributed by atoms with Gasteiger partial charge in [-0.2, -0.15) is 0 Å². The van der Waals surface area contributed by atoms with Crippen molar-refractivity contribution >= 4 is 0 Å². The third kappa shape index (κ3) is 3.65. The summed E-state index contributed by atoms with van der Waals surface area (Å²) in [5.74, 6) is 0. The molecule has 2 N–H and O–H groups in total. The lowest BCUT2D eigenvalue weighted by molar-refractivity contribution is 0.00995. The largest absolute Gasteiger partial charge is 0.379 e. The normalized spacial score (nSPS) is 13.9. The Morgan fingerprint density at radius 1 is 1.27 bits per heavy atom. The lowest BCUT2D eigenvalue weighted by Gasteiger charge is -2.26. The fourth-order valence-corrected chi connectivity index (χ4v) is 1.54. The molecule has 0 saturated carbocycles. The van der Waals surface area contributed by atoms with Crippen LogP contribution in [0, 0.1) is 6.92 Å². The summed E-state index contributed by atoms with van der Waals surface area (Å²) in [6, 6.07) is 8.40. The van der Waals surface area contributed by atoms with Gasteiger partial charge < -0.3 is 10.5 Å². The van der Waals surface area contributed by atoms with Crippen LogP contribution in [0.1, 0.15) is 37.4 Å². The van der Waals surface area contributed by atoms with Crippen molar-refractivity contribution in [3.05, 3.63) is 35.4 Å². The lowest BCUT2D eigenvalue weighted by atomic mass is 9.94. The molecule has 1 aromatic carbocycles. The lowest BCUT2D eigenvalue weighted by Crippen LogP contribution is -2.28. The van der Waals surface area contributed by atoms with Crippen LogP contribution in [0.5, 0.6) is 0 Å². The summed E-state index contributed by atoms with van der Waals surface area (Å²) in [4.78, 5) is 0. The molecule has 0 bridgehead atoms. The summed E-state index contributed by atoms with van der Waals surface area (Å²) in [5, 5.41) is 0. The molecule has 1 aromatic rings. The number of aryl methyl sites for hydroxylation is 1. The first kappa shape index (κ1) is 12.2. The van der Waals surface area contributed by atoms with E-state index in [0.717, 1.165) is 6.42 Å². The van der Waals surface area contributed by atoms with E-state index in [4.69, 9.17) is 10.5 Å². The van der Waals surface area contributed by atoms with Crippen molar-refractivity contribution in [1.29, 1.82) is 0 Å². The highest BCUT2D eigenvalue weighted by Crippen LogP contribution is 2.23. The third-order valence-electron chi connectivity index (χ3n) is 2.77. The van der Waals surface area contributed by atoms with Crippen molar-refractivity contribution in [3.63, 3.8) is 0 Å². The van der Waals surface area contributed by atoms with Crippen LogP contribution in [0.4, 0.5) is 0 Å². The van der Waals surface area contributed by atoms with Gasteiger partial charge in [0.05, 0.1) is 5.60 Å². The second-order valence-electron chi connectivity index (χ2n) is 4.69. The molecule has 0 aliphatic rings. The minimum Gasteiger partial charge on any atom is -0.379 e. The zero-order chi connectivity index (χ0) is 11.5. The molecule has 0 saturated heterocycles. The van der Waals surface area contributed by atoms with E-state index >= 15 is 0 Å². The minimum atomic E-state index is -0.162. The van der Waals surface area contributed by atoms with Crippen molar-refractivity contribution in [2.45, 2.75) is 38.8 Å². The minimum absolute atomic E-state index is 0.0422. The standard InChI is InChI=1S/C13H21NO/c1-10-5-7-11(8-6-10)12(14)9-13(2,3)15-4/h5-8,12H,9,14H2,1-4H3. The Kier molecular flexibility index (Phi) is 3.89. The van der Waals surface area contributed by atoms with E-state index in [9.17, 15) is 0 Å². The number of nitrogens with two attached hydrogens (primary N) is 1. The fraction of sp³-hybridized carbons (Fsp3) is 0.538. The van der Waals surface area contributed by atoms with Gasteiger partial charge in [-0.25, -0.2) is 0 Å². The van der Waals surface area contributed by atoms with Gasteiger partial charge in [-0.15, -0.1) is 0 Å². The van der Waals surface area contributed by atoms with Gasteiger partial charge in [-0.1, -0.05) is 29.8 Å². The molecule has 1 atom stereocenters. The molecule has 0 fully saturated rings. The Balaban J connectivity index is 2.69. The molecule has 0 aliphatic heterocycles. The number of ether oxygens (including phenoxy) is 1. The maximum Gasteiger partial charge on any atom is 0.0640 e. The van der Waals surface area contributed by atoms with Gasteiger partial charge >= 0.3 is 0 Å². The number of benzene rings is 1. The van der Waals surface area contributed by atoms with E-state index in [1.165, 1.54) is 11.1 Å². The Hall–Kier alpha value is -0.860. The van der Waals surface area contributed by atoms with Gasteiger partial charge in [-0.05, 0) is 32.8 Å². The van der Waals surface area contributed by atoms with Gasteiger partial charge in [0.25, 0.3) is 0 Å². The summed E-state index contributed by atoms with van der Waals surface area (Å²) in [6.45, 7) is 6.19. The summed E-state index contributed by atoms with van der Waals surface area (Å²) < 4.78 is 5.37. The van der Waals surface area contributed by atoms with Crippen molar-refractivity contribution < 1.29 is 4.74 Å². The zero-order valence-corrected chi connectivity index (χ0v) is 10.1. The summed E-state index contributed by atoms with van der Waals surface area (Å²) in [7, 11) is 1.72. The van der Waals surface area contributed by atoms with Crippen LogP contribution in [-0.2, 0) is 4.74 Å². The second kappa shape index (κ2) is 4.77. The van der Waals surface area contributed by atoms with Gasteiger partial charge in [0.1, 0.15) is 0 Å². The number of hydrogen-bond acceptors (Lipinski definition) is 2. The van der Waals surface area contributed by atoms with Gasteiger partial charge in [0.2, 0.25) is 0 Å². The molecule has 84 valence electrons. The van der Waals surface area contributed by atoms with Crippen LogP contribution >= 0.6 is 0 Å². The van der Waals surface area contributed by atoms with Crippen molar-refractivity contribution in [3.8, 4) is 0 Å². The topological polar surface area (TPSA) is 35.2 Å². The van der Waals surface area contributed by atoms with E-state index in [2.05, 4.69) is 45.0 Å². The van der Waals surface area contributed by atoms with E-state index in [1.807, 2.05) is 0 Å².